The Morgan fingerprint density at radius 2 is 1.35 bits per heavy atom. The van der Waals surface area contributed by atoms with E-state index in [1.54, 1.807) is 18.2 Å². The summed E-state index contributed by atoms with van der Waals surface area (Å²) in [6.07, 6.45) is 3.35. The Balaban J connectivity index is 1.26. The van der Waals surface area contributed by atoms with E-state index >= 15 is 0 Å². The average molecular weight is 507 g/mol. The molecule has 0 aromatic heterocycles. The number of carboxylic acid groups (broad SMARTS) is 1. The van der Waals surface area contributed by atoms with E-state index in [-0.39, 0.29) is 28.0 Å². The fourth-order valence-corrected chi connectivity index (χ4v) is 7.41. The van der Waals surface area contributed by atoms with E-state index < -0.39 is 17.7 Å². The van der Waals surface area contributed by atoms with Gasteiger partial charge in [0.05, 0.1) is 16.8 Å². The van der Waals surface area contributed by atoms with Crippen molar-refractivity contribution in [3.8, 4) is 0 Å². The molecule has 0 amide bonds. The van der Waals surface area contributed by atoms with Crippen LogP contribution in [-0.2, 0) is 11.6 Å². The SMILES string of the molecule is O=C(O)c1ccccc1Nc1cc(Nc2ccc(C34CC5CC(CC(C5)C3)C4)cc2)cc(C(F)(F)F)c1. The van der Waals surface area contributed by atoms with Gasteiger partial charge in [0, 0.05) is 17.1 Å². The first-order valence-electron chi connectivity index (χ1n) is 12.9. The van der Waals surface area contributed by atoms with E-state index in [1.165, 1.54) is 56.2 Å². The molecule has 0 spiro atoms. The van der Waals surface area contributed by atoms with Gasteiger partial charge in [-0.25, -0.2) is 4.79 Å². The van der Waals surface area contributed by atoms with Crippen molar-refractivity contribution in [2.24, 2.45) is 17.8 Å². The number of alkyl halides is 3. The number of halogens is 3. The van der Waals surface area contributed by atoms with E-state index in [0.29, 0.717) is 5.69 Å². The second kappa shape index (κ2) is 8.82. The molecule has 7 heteroatoms. The topological polar surface area (TPSA) is 61.4 Å². The van der Waals surface area contributed by atoms with Gasteiger partial charge < -0.3 is 15.7 Å². The minimum absolute atomic E-state index is 0.0188. The van der Waals surface area contributed by atoms with Crippen molar-refractivity contribution in [3.05, 3.63) is 83.4 Å². The first-order valence-corrected chi connectivity index (χ1v) is 12.9. The highest BCUT2D eigenvalue weighted by atomic mass is 19.4. The third kappa shape index (κ3) is 4.67. The Labute approximate surface area is 213 Å². The average Bonchev–Trinajstić information content (AvgIpc) is 2.83. The number of rotatable bonds is 6. The van der Waals surface area contributed by atoms with Gasteiger partial charge in [0.2, 0.25) is 0 Å². The van der Waals surface area contributed by atoms with Gasteiger partial charge in [0.25, 0.3) is 0 Å². The summed E-state index contributed by atoms with van der Waals surface area (Å²) in [6, 6.07) is 18.0. The second-order valence-electron chi connectivity index (χ2n) is 11.2. The number of benzene rings is 3. The Kier molecular flexibility index (Phi) is 5.70. The monoisotopic (exact) mass is 506 g/mol. The van der Waals surface area contributed by atoms with Crippen LogP contribution in [0.2, 0.25) is 0 Å². The highest BCUT2D eigenvalue weighted by Crippen LogP contribution is 2.60. The third-order valence-corrected chi connectivity index (χ3v) is 8.52. The zero-order valence-electron chi connectivity index (χ0n) is 20.3. The Bertz CT molecular complexity index is 1300. The number of carboxylic acids is 1. The molecule has 0 aliphatic heterocycles. The maximum atomic E-state index is 13.7. The highest BCUT2D eigenvalue weighted by molar-refractivity contribution is 5.95. The summed E-state index contributed by atoms with van der Waals surface area (Å²) in [7, 11) is 0. The van der Waals surface area contributed by atoms with Crippen LogP contribution in [0.25, 0.3) is 0 Å². The number of hydrogen-bond acceptors (Lipinski definition) is 3. The fourth-order valence-electron chi connectivity index (χ4n) is 7.41. The molecule has 4 aliphatic rings. The molecule has 0 atom stereocenters. The van der Waals surface area contributed by atoms with Crippen molar-refractivity contribution in [1.82, 2.24) is 0 Å². The molecule has 7 rings (SSSR count). The summed E-state index contributed by atoms with van der Waals surface area (Å²) >= 11 is 0. The van der Waals surface area contributed by atoms with Crippen molar-refractivity contribution < 1.29 is 23.1 Å². The van der Waals surface area contributed by atoms with Crippen LogP contribution in [0.4, 0.5) is 35.9 Å². The smallest absolute Gasteiger partial charge is 0.416 e. The lowest BCUT2D eigenvalue weighted by atomic mass is 9.48. The van der Waals surface area contributed by atoms with E-state index in [1.807, 2.05) is 12.1 Å². The molecular weight excluding hydrogens is 477 g/mol. The van der Waals surface area contributed by atoms with Gasteiger partial charge in [-0.1, -0.05) is 24.3 Å². The van der Waals surface area contributed by atoms with E-state index in [9.17, 15) is 23.1 Å². The minimum Gasteiger partial charge on any atom is -0.478 e. The Morgan fingerprint density at radius 1 is 0.784 bits per heavy atom. The Hall–Kier alpha value is -3.48. The summed E-state index contributed by atoms with van der Waals surface area (Å²) in [4.78, 5) is 11.5. The molecule has 4 saturated carbocycles. The molecule has 3 aromatic rings. The molecule has 4 bridgehead atoms. The van der Waals surface area contributed by atoms with Crippen LogP contribution in [0.5, 0.6) is 0 Å². The molecule has 3 aromatic carbocycles. The number of carbonyl (C=O) groups is 1. The van der Waals surface area contributed by atoms with Crippen LogP contribution in [0.1, 0.15) is 60.0 Å². The lowest BCUT2D eigenvalue weighted by molar-refractivity contribution is -0.137. The largest absolute Gasteiger partial charge is 0.478 e. The second-order valence-corrected chi connectivity index (χ2v) is 11.2. The molecule has 3 N–H and O–H groups in total. The van der Waals surface area contributed by atoms with Crippen molar-refractivity contribution in [2.45, 2.75) is 50.1 Å². The Morgan fingerprint density at radius 3 is 1.92 bits per heavy atom. The van der Waals surface area contributed by atoms with Crippen LogP contribution in [0.15, 0.2) is 66.7 Å². The van der Waals surface area contributed by atoms with Gasteiger partial charge in [0.15, 0.2) is 0 Å². The molecule has 4 fully saturated rings. The van der Waals surface area contributed by atoms with Crippen LogP contribution in [0, 0.1) is 17.8 Å². The lowest BCUT2D eigenvalue weighted by Crippen LogP contribution is -2.48. The number of nitrogens with one attached hydrogen (secondary N) is 2. The third-order valence-electron chi connectivity index (χ3n) is 8.52. The normalized spacial score (nSPS) is 26.2. The van der Waals surface area contributed by atoms with Gasteiger partial charge in [-0.3, -0.25) is 0 Å². The van der Waals surface area contributed by atoms with Gasteiger partial charge in [0.1, 0.15) is 0 Å². The predicted octanol–water partition coefficient (Wildman–Crippen LogP) is 8.36. The highest BCUT2D eigenvalue weighted by Gasteiger charge is 2.51. The number of anilines is 4. The summed E-state index contributed by atoms with van der Waals surface area (Å²) in [5.41, 5.74) is 2.13. The van der Waals surface area contributed by atoms with E-state index in [2.05, 4.69) is 22.8 Å². The first kappa shape index (κ1) is 23.9. The van der Waals surface area contributed by atoms with Gasteiger partial charge in [-0.05, 0) is 110 Å². The van der Waals surface area contributed by atoms with Gasteiger partial charge >= 0.3 is 12.1 Å². The summed E-state index contributed by atoms with van der Waals surface area (Å²) in [5.74, 6) is 1.36. The zero-order chi connectivity index (χ0) is 25.8. The van der Waals surface area contributed by atoms with Crippen LogP contribution >= 0.6 is 0 Å². The van der Waals surface area contributed by atoms with Gasteiger partial charge in [-0.15, -0.1) is 0 Å². The predicted molar refractivity (Wildman–Crippen MR) is 138 cm³/mol. The fraction of sp³-hybridized carbons (Fsp3) is 0.367. The molecule has 0 radical (unpaired) electrons. The van der Waals surface area contributed by atoms with Crippen LogP contribution in [0.3, 0.4) is 0 Å². The maximum Gasteiger partial charge on any atom is 0.416 e. The van der Waals surface area contributed by atoms with Crippen molar-refractivity contribution >= 4 is 28.7 Å². The summed E-state index contributed by atoms with van der Waals surface area (Å²) in [6.45, 7) is 0. The zero-order valence-corrected chi connectivity index (χ0v) is 20.3. The molecule has 0 saturated heterocycles. The van der Waals surface area contributed by atoms with Crippen LogP contribution in [-0.4, -0.2) is 11.1 Å². The van der Waals surface area contributed by atoms with Gasteiger partial charge in [-0.2, -0.15) is 13.2 Å². The molecular formula is C30H29F3N2O2. The lowest BCUT2D eigenvalue weighted by Gasteiger charge is -2.57. The molecule has 0 unspecified atom stereocenters. The quantitative estimate of drug-likeness (QED) is 0.314. The molecule has 4 aliphatic carbocycles. The number of hydrogen-bond donors (Lipinski definition) is 3. The van der Waals surface area contributed by atoms with Crippen molar-refractivity contribution in [2.75, 3.05) is 10.6 Å². The number of para-hydroxylation sites is 1. The van der Waals surface area contributed by atoms with Crippen molar-refractivity contribution in [1.29, 1.82) is 0 Å². The molecule has 192 valence electrons. The summed E-state index contributed by atoms with van der Waals surface area (Å²) < 4.78 is 41.1. The maximum absolute atomic E-state index is 13.7. The van der Waals surface area contributed by atoms with E-state index in [0.717, 1.165) is 29.9 Å². The minimum atomic E-state index is -4.55. The molecule has 4 nitrogen and oxygen atoms in total. The summed E-state index contributed by atoms with van der Waals surface area (Å²) in [5, 5.41) is 15.4. The molecule has 37 heavy (non-hydrogen) atoms. The standard InChI is InChI=1S/C30H29F3N2O2/c31-30(32,33)22-12-24(14-25(13-22)35-27-4-2-1-3-26(27)28(36)37)34-23-7-5-21(6-8-23)29-15-18-9-19(16-29)11-20(10-18)17-29/h1-8,12-14,18-20,34-35H,9-11,15-17H2,(H,36,37). The number of aromatic carboxylic acids is 1. The molecule has 0 heterocycles. The first-order chi connectivity index (χ1) is 17.7. The van der Waals surface area contributed by atoms with Crippen molar-refractivity contribution in [3.63, 3.8) is 0 Å². The van der Waals surface area contributed by atoms with Crippen LogP contribution < -0.4 is 10.6 Å². The van der Waals surface area contributed by atoms with E-state index in [4.69, 9.17) is 0 Å².